The highest BCUT2D eigenvalue weighted by Crippen LogP contribution is 2.10. The van der Waals surface area contributed by atoms with Gasteiger partial charge in [-0.25, -0.2) is 0 Å². The van der Waals surface area contributed by atoms with Gasteiger partial charge in [0.15, 0.2) is 0 Å². The van der Waals surface area contributed by atoms with E-state index in [-0.39, 0.29) is 18.2 Å². The minimum absolute atomic E-state index is 0.0637. The number of carbonyl (C=O) groups is 2. The van der Waals surface area contributed by atoms with E-state index in [0.29, 0.717) is 25.4 Å². The molecule has 0 saturated carbocycles. The van der Waals surface area contributed by atoms with Crippen LogP contribution in [0, 0.1) is 0 Å². The van der Waals surface area contributed by atoms with Crippen LogP contribution in [0.2, 0.25) is 0 Å². The molecule has 0 aliphatic rings. The van der Waals surface area contributed by atoms with Crippen LogP contribution >= 0.6 is 0 Å². The van der Waals surface area contributed by atoms with Gasteiger partial charge in [-0.3, -0.25) is 9.59 Å². The predicted molar refractivity (Wildman–Crippen MR) is 98.1 cm³/mol. The first-order valence-electron chi connectivity index (χ1n) is 8.08. The summed E-state index contributed by atoms with van der Waals surface area (Å²) in [6.45, 7) is 4.87. The van der Waals surface area contributed by atoms with Crippen molar-refractivity contribution in [2.45, 2.75) is 13.0 Å². The lowest BCUT2D eigenvalue weighted by Crippen LogP contribution is -2.28. The molecule has 2 rings (SSSR count). The molecule has 2 N–H and O–H groups in total. The van der Waals surface area contributed by atoms with Crippen LogP contribution in [0.4, 0.5) is 5.69 Å². The van der Waals surface area contributed by atoms with Crippen LogP contribution in [0.15, 0.2) is 67.3 Å². The highest BCUT2D eigenvalue weighted by Gasteiger charge is 2.04. The van der Waals surface area contributed by atoms with E-state index in [1.807, 2.05) is 42.5 Å². The zero-order valence-electron chi connectivity index (χ0n) is 14.0. The van der Waals surface area contributed by atoms with Gasteiger partial charge in [0, 0.05) is 12.2 Å². The van der Waals surface area contributed by atoms with E-state index in [1.54, 1.807) is 12.1 Å². The molecular weight excluding hydrogens is 316 g/mol. The summed E-state index contributed by atoms with van der Waals surface area (Å²) in [5.74, 6) is -0.327. The van der Waals surface area contributed by atoms with E-state index >= 15 is 0 Å². The van der Waals surface area contributed by atoms with Crippen LogP contribution in [-0.2, 0) is 27.4 Å². The SMILES string of the molecule is C=CC(=O)Nc1ccc(CC(=O)NCCOCc2ccccc2)cc1. The highest BCUT2D eigenvalue weighted by atomic mass is 16.5. The maximum atomic E-state index is 11.9. The Bertz CT molecular complexity index is 697. The normalized spacial score (nSPS) is 10.1. The van der Waals surface area contributed by atoms with Gasteiger partial charge in [-0.1, -0.05) is 49.0 Å². The van der Waals surface area contributed by atoms with Gasteiger partial charge in [0.1, 0.15) is 0 Å². The Hall–Kier alpha value is -2.92. The number of benzene rings is 2. The van der Waals surface area contributed by atoms with Gasteiger partial charge in [-0.2, -0.15) is 0 Å². The van der Waals surface area contributed by atoms with Crippen molar-refractivity contribution >= 4 is 17.5 Å². The fourth-order valence-electron chi connectivity index (χ4n) is 2.17. The third kappa shape index (κ3) is 7.01. The fraction of sp³-hybridized carbons (Fsp3) is 0.200. The van der Waals surface area contributed by atoms with Gasteiger partial charge < -0.3 is 15.4 Å². The molecule has 25 heavy (non-hydrogen) atoms. The Balaban J connectivity index is 1.64. The van der Waals surface area contributed by atoms with Crippen molar-refractivity contribution in [3.8, 4) is 0 Å². The Morgan fingerprint density at radius 2 is 1.72 bits per heavy atom. The molecule has 5 heteroatoms. The van der Waals surface area contributed by atoms with Crippen molar-refractivity contribution in [3.05, 3.63) is 78.4 Å². The molecule has 0 aromatic heterocycles. The molecule has 0 heterocycles. The Kier molecular flexibility index (Phi) is 7.41. The molecule has 0 bridgehead atoms. The average molecular weight is 338 g/mol. The zero-order valence-corrected chi connectivity index (χ0v) is 14.0. The average Bonchev–Trinajstić information content (AvgIpc) is 2.64. The first kappa shape index (κ1) is 18.4. The van der Waals surface area contributed by atoms with Gasteiger partial charge >= 0.3 is 0 Å². The van der Waals surface area contributed by atoms with E-state index in [0.717, 1.165) is 11.1 Å². The lowest BCUT2D eigenvalue weighted by atomic mass is 10.1. The Labute approximate surface area is 147 Å². The van der Waals surface area contributed by atoms with Gasteiger partial charge in [0.05, 0.1) is 19.6 Å². The molecule has 0 radical (unpaired) electrons. The van der Waals surface area contributed by atoms with Gasteiger partial charge in [-0.05, 0) is 29.3 Å². The second kappa shape index (κ2) is 10.1. The molecule has 0 atom stereocenters. The second-order valence-electron chi connectivity index (χ2n) is 5.46. The second-order valence-corrected chi connectivity index (χ2v) is 5.46. The van der Waals surface area contributed by atoms with Crippen molar-refractivity contribution in [3.63, 3.8) is 0 Å². The summed E-state index contributed by atoms with van der Waals surface area (Å²) in [6, 6.07) is 17.0. The minimum Gasteiger partial charge on any atom is -0.375 e. The molecule has 0 saturated heterocycles. The predicted octanol–water partition coefficient (Wildman–Crippen LogP) is 2.69. The molecule has 2 aromatic rings. The standard InChI is InChI=1S/C20H22N2O3/c1-2-19(23)22-18-10-8-16(9-11-18)14-20(24)21-12-13-25-15-17-6-4-3-5-7-17/h2-11H,1,12-15H2,(H,21,24)(H,22,23). The zero-order chi connectivity index (χ0) is 17.9. The van der Waals surface area contributed by atoms with Crippen molar-refractivity contribution in [1.29, 1.82) is 0 Å². The summed E-state index contributed by atoms with van der Waals surface area (Å²) in [4.78, 5) is 23.1. The Morgan fingerprint density at radius 1 is 1.00 bits per heavy atom. The fourth-order valence-corrected chi connectivity index (χ4v) is 2.17. The number of carbonyl (C=O) groups excluding carboxylic acids is 2. The van der Waals surface area contributed by atoms with E-state index in [9.17, 15) is 9.59 Å². The molecular formula is C20H22N2O3. The lowest BCUT2D eigenvalue weighted by Gasteiger charge is -2.07. The number of amides is 2. The van der Waals surface area contributed by atoms with Crippen molar-refractivity contribution < 1.29 is 14.3 Å². The lowest BCUT2D eigenvalue weighted by molar-refractivity contribution is -0.120. The third-order valence-electron chi connectivity index (χ3n) is 3.45. The molecule has 0 aliphatic heterocycles. The van der Waals surface area contributed by atoms with Crippen LogP contribution < -0.4 is 10.6 Å². The number of ether oxygens (including phenoxy) is 1. The summed E-state index contributed by atoms with van der Waals surface area (Å²) in [5, 5.41) is 5.49. The monoisotopic (exact) mass is 338 g/mol. The molecule has 130 valence electrons. The number of nitrogens with one attached hydrogen (secondary N) is 2. The maximum Gasteiger partial charge on any atom is 0.247 e. The summed E-state index contributed by atoms with van der Waals surface area (Å²) in [6.07, 6.45) is 1.50. The summed E-state index contributed by atoms with van der Waals surface area (Å²) < 4.78 is 5.52. The van der Waals surface area contributed by atoms with Crippen LogP contribution in [-0.4, -0.2) is 25.0 Å². The highest BCUT2D eigenvalue weighted by molar-refractivity contribution is 5.98. The number of anilines is 1. The van der Waals surface area contributed by atoms with E-state index in [2.05, 4.69) is 17.2 Å². The molecule has 0 unspecified atom stereocenters. The molecule has 2 amide bonds. The van der Waals surface area contributed by atoms with Crippen molar-refractivity contribution in [2.75, 3.05) is 18.5 Å². The number of rotatable bonds is 9. The van der Waals surface area contributed by atoms with E-state index in [4.69, 9.17) is 4.74 Å². The van der Waals surface area contributed by atoms with Gasteiger partial charge in [0.25, 0.3) is 0 Å². The van der Waals surface area contributed by atoms with Crippen LogP contribution in [0.25, 0.3) is 0 Å². The molecule has 5 nitrogen and oxygen atoms in total. The first-order valence-corrected chi connectivity index (χ1v) is 8.08. The molecule has 0 spiro atoms. The van der Waals surface area contributed by atoms with E-state index < -0.39 is 0 Å². The summed E-state index contributed by atoms with van der Waals surface area (Å²) >= 11 is 0. The number of hydrogen-bond donors (Lipinski definition) is 2. The first-order chi connectivity index (χ1) is 12.2. The molecule has 0 fully saturated rings. The summed E-state index contributed by atoms with van der Waals surface area (Å²) in [7, 11) is 0. The smallest absolute Gasteiger partial charge is 0.247 e. The van der Waals surface area contributed by atoms with Crippen LogP contribution in [0.5, 0.6) is 0 Å². The summed E-state index contributed by atoms with van der Waals surface area (Å²) in [5.41, 5.74) is 2.65. The quantitative estimate of drug-likeness (QED) is 0.546. The van der Waals surface area contributed by atoms with Gasteiger partial charge in [-0.15, -0.1) is 0 Å². The molecule has 0 aliphatic carbocycles. The van der Waals surface area contributed by atoms with Gasteiger partial charge in [0.2, 0.25) is 11.8 Å². The largest absolute Gasteiger partial charge is 0.375 e. The van der Waals surface area contributed by atoms with Crippen molar-refractivity contribution in [2.24, 2.45) is 0 Å². The molecule has 2 aromatic carbocycles. The van der Waals surface area contributed by atoms with E-state index in [1.165, 1.54) is 6.08 Å². The minimum atomic E-state index is -0.263. The maximum absolute atomic E-state index is 11.9. The number of hydrogen-bond acceptors (Lipinski definition) is 3. The topological polar surface area (TPSA) is 67.4 Å². The Morgan fingerprint density at radius 3 is 2.40 bits per heavy atom. The third-order valence-corrected chi connectivity index (χ3v) is 3.45. The van der Waals surface area contributed by atoms with Crippen LogP contribution in [0.3, 0.4) is 0 Å². The van der Waals surface area contributed by atoms with Crippen LogP contribution in [0.1, 0.15) is 11.1 Å². The van der Waals surface area contributed by atoms with Crippen molar-refractivity contribution in [1.82, 2.24) is 5.32 Å².